The van der Waals surface area contributed by atoms with E-state index in [0.29, 0.717) is 17.3 Å². The molecule has 0 aliphatic carbocycles. The Morgan fingerprint density at radius 2 is 1.96 bits per heavy atom. The fourth-order valence-corrected chi connectivity index (χ4v) is 2.74. The maximum atomic E-state index is 12.6. The number of para-hydroxylation sites is 4. The zero-order chi connectivity index (χ0) is 17.4. The number of benzene rings is 2. The summed E-state index contributed by atoms with van der Waals surface area (Å²) in [4.78, 5) is 32.5. The Morgan fingerprint density at radius 1 is 1.20 bits per heavy atom. The van der Waals surface area contributed by atoms with Crippen LogP contribution < -0.4 is 15.4 Å². The summed E-state index contributed by atoms with van der Waals surface area (Å²) in [7, 11) is 0. The maximum Gasteiger partial charge on any atom is 0.278 e. The summed E-state index contributed by atoms with van der Waals surface area (Å²) in [5.41, 5.74) is 0.618. The third kappa shape index (κ3) is 2.59. The lowest BCUT2D eigenvalue weighted by atomic mass is 10.0. The van der Waals surface area contributed by atoms with Crippen molar-refractivity contribution in [3.8, 4) is 5.75 Å². The molecule has 2 amide bonds. The number of aromatic nitrogens is 2. The molecule has 2 heterocycles. The number of amides is 2. The van der Waals surface area contributed by atoms with Gasteiger partial charge in [-0.15, -0.1) is 0 Å². The van der Waals surface area contributed by atoms with Gasteiger partial charge in [-0.25, -0.2) is 4.98 Å². The number of nitrogens with zero attached hydrogens (tertiary/aromatic N) is 1. The fraction of sp³-hybridized carbons (Fsp3) is 0.167. The normalized spacial score (nSPS) is 19.0. The first-order valence-corrected chi connectivity index (χ1v) is 7.88. The molecule has 0 saturated carbocycles. The van der Waals surface area contributed by atoms with Crippen molar-refractivity contribution in [2.45, 2.75) is 19.1 Å². The van der Waals surface area contributed by atoms with Crippen LogP contribution >= 0.6 is 0 Å². The average molecular weight is 336 g/mol. The summed E-state index contributed by atoms with van der Waals surface area (Å²) in [5.74, 6) is 0.0338. The fourth-order valence-electron chi connectivity index (χ4n) is 2.74. The molecule has 1 aliphatic rings. The Balaban J connectivity index is 1.51. The molecular weight excluding hydrogens is 320 g/mol. The van der Waals surface area contributed by atoms with Gasteiger partial charge in [0.25, 0.3) is 17.4 Å². The van der Waals surface area contributed by atoms with Crippen LogP contribution in [-0.2, 0) is 16.1 Å². The molecule has 0 saturated heterocycles. The molecule has 1 aromatic heterocycles. The van der Waals surface area contributed by atoms with E-state index in [0.717, 1.165) is 11.0 Å². The summed E-state index contributed by atoms with van der Waals surface area (Å²) >= 11 is 0. The number of ether oxygens (including phenoxy) is 1. The molecule has 1 atom stereocenters. The van der Waals surface area contributed by atoms with Crippen LogP contribution in [0.15, 0.2) is 48.5 Å². The first kappa shape index (κ1) is 15.2. The highest BCUT2D eigenvalue weighted by Crippen LogP contribution is 2.33. The molecule has 3 aromatic rings. The van der Waals surface area contributed by atoms with Gasteiger partial charge in [0.2, 0.25) is 0 Å². The number of carbonyl (C=O) groups excluding carboxylic acids is 2. The van der Waals surface area contributed by atoms with Crippen LogP contribution in [0.3, 0.4) is 0 Å². The Kier molecular flexibility index (Phi) is 3.42. The topological polar surface area (TPSA) is 96.1 Å². The molecule has 0 fully saturated rings. The number of H-pyrrole nitrogens is 1. The second-order valence-electron chi connectivity index (χ2n) is 5.97. The maximum absolute atomic E-state index is 12.6. The molecule has 0 spiro atoms. The molecule has 25 heavy (non-hydrogen) atoms. The van der Waals surface area contributed by atoms with E-state index >= 15 is 0 Å². The standard InChI is InChI=1S/C18H16N4O3/c1-18(17(24)22-13-8-4-5-9-14(13)25-18)16(23)19-10-15-20-11-6-2-3-7-12(11)21-15/h2-9H,10H2,1H3,(H,19,23)(H,20,21)(H,22,24)/t18-/m0/s1. The van der Waals surface area contributed by atoms with Crippen LogP contribution in [0.1, 0.15) is 12.7 Å². The quantitative estimate of drug-likeness (QED) is 0.637. The molecule has 7 nitrogen and oxygen atoms in total. The molecular formula is C18H16N4O3. The van der Waals surface area contributed by atoms with E-state index in [-0.39, 0.29) is 6.54 Å². The predicted molar refractivity (Wildman–Crippen MR) is 92.0 cm³/mol. The third-order valence-corrected chi connectivity index (χ3v) is 4.17. The molecule has 7 heteroatoms. The minimum absolute atomic E-state index is 0.168. The number of hydrogen-bond donors (Lipinski definition) is 3. The molecule has 3 N–H and O–H groups in total. The van der Waals surface area contributed by atoms with Crippen LogP contribution in [0.4, 0.5) is 5.69 Å². The predicted octanol–water partition coefficient (Wildman–Crippen LogP) is 1.97. The van der Waals surface area contributed by atoms with Crippen molar-refractivity contribution < 1.29 is 14.3 Å². The number of nitrogens with one attached hydrogen (secondary N) is 3. The lowest BCUT2D eigenvalue weighted by Crippen LogP contribution is -2.58. The largest absolute Gasteiger partial charge is 0.466 e. The van der Waals surface area contributed by atoms with Crippen molar-refractivity contribution in [1.82, 2.24) is 15.3 Å². The third-order valence-electron chi connectivity index (χ3n) is 4.17. The Labute approximate surface area is 143 Å². The van der Waals surface area contributed by atoms with Crippen LogP contribution in [0.25, 0.3) is 11.0 Å². The zero-order valence-electron chi connectivity index (χ0n) is 13.5. The average Bonchev–Trinajstić information content (AvgIpc) is 3.03. The monoisotopic (exact) mass is 336 g/mol. The summed E-state index contributed by atoms with van der Waals surface area (Å²) in [6.07, 6.45) is 0. The summed E-state index contributed by atoms with van der Waals surface area (Å²) in [5, 5.41) is 5.42. The minimum atomic E-state index is -1.64. The van der Waals surface area contributed by atoms with E-state index in [1.54, 1.807) is 24.3 Å². The first-order valence-electron chi connectivity index (χ1n) is 7.88. The van der Waals surface area contributed by atoms with E-state index in [4.69, 9.17) is 4.74 Å². The van der Waals surface area contributed by atoms with Crippen LogP contribution in [0, 0.1) is 0 Å². The number of fused-ring (bicyclic) bond motifs is 2. The number of anilines is 1. The first-order chi connectivity index (χ1) is 12.1. The van der Waals surface area contributed by atoms with Gasteiger partial charge in [-0.05, 0) is 31.2 Å². The molecule has 2 aromatic carbocycles. The van der Waals surface area contributed by atoms with Gasteiger partial charge in [-0.3, -0.25) is 9.59 Å². The lowest BCUT2D eigenvalue weighted by Gasteiger charge is -2.33. The SMILES string of the molecule is C[C@@]1(C(=O)NCc2nc3ccccc3[nH]2)Oc2ccccc2NC1=O. The molecule has 4 rings (SSSR count). The number of aromatic amines is 1. The van der Waals surface area contributed by atoms with E-state index in [1.807, 2.05) is 24.3 Å². The van der Waals surface area contributed by atoms with Gasteiger partial charge in [0.15, 0.2) is 0 Å². The van der Waals surface area contributed by atoms with Crippen molar-refractivity contribution >= 4 is 28.5 Å². The highest BCUT2D eigenvalue weighted by atomic mass is 16.5. The van der Waals surface area contributed by atoms with E-state index in [2.05, 4.69) is 20.6 Å². The highest BCUT2D eigenvalue weighted by molar-refractivity contribution is 6.15. The van der Waals surface area contributed by atoms with E-state index < -0.39 is 17.4 Å². The van der Waals surface area contributed by atoms with Gasteiger partial charge in [-0.1, -0.05) is 24.3 Å². The van der Waals surface area contributed by atoms with Crippen molar-refractivity contribution in [1.29, 1.82) is 0 Å². The molecule has 126 valence electrons. The Morgan fingerprint density at radius 3 is 2.80 bits per heavy atom. The summed E-state index contributed by atoms with van der Waals surface area (Å²) < 4.78 is 5.69. The van der Waals surface area contributed by atoms with Gasteiger partial charge in [-0.2, -0.15) is 0 Å². The smallest absolute Gasteiger partial charge is 0.278 e. The minimum Gasteiger partial charge on any atom is -0.466 e. The lowest BCUT2D eigenvalue weighted by molar-refractivity contribution is -0.146. The summed E-state index contributed by atoms with van der Waals surface area (Å²) in [6, 6.07) is 14.6. The molecule has 0 unspecified atom stereocenters. The number of carbonyl (C=O) groups is 2. The van der Waals surface area contributed by atoms with Crippen LogP contribution in [0.2, 0.25) is 0 Å². The second-order valence-corrected chi connectivity index (χ2v) is 5.97. The molecule has 0 radical (unpaired) electrons. The van der Waals surface area contributed by atoms with Crippen molar-refractivity contribution in [2.24, 2.45) is 0 Å². The van der Waals surface area contributed by atoms with E-state index in [1.165, 1.54) is 6.92 Å². The van der Waals surface area contributed by atoms with Gasteiger partial charge >= 0.3 is 0 Å². The molecule has 1 aliphatic heterocycles. The zero-order valence-corrected chi connectivity index (χ0v) is 13.5. The highest BCUT2D eigenvalue weighted by Gasteiger charge is 2.47. The van der Waals surface area contributed by atoms with Gasteiger partial charge in [0, 0.05) is 0 Å². The van der Waals surface area contributed by atoms with Gasteiger partial charge < -0.3 is 20.4 Å². The number of rotatable bonds is 3. The van der Waals surface area contributed by atoms with Gasteiger partial charge in [0.05, 0.1) is 23.3 Å². The Bertz CT molecular complexity index is 948. The van der Waals surface area contributed by atoms with Gasteiger partial charge in [0.1, 0.15) is 11.6 Å². The van der Waals surface area contributed by atoms with Crippen LogP contribution in [0.5, 0.6) is 5.75 Å². The Hall–Kier alpha value is -3.35. The number of hydrogen-bond acceptors (Lipinski definition) is 4. The number of imidazole rings is 1. The summed E-state index contributed by atoms with van der Waals surface area (Å²) in [6.45, 7) is 1.62. The van der Waals surface area contributed by atoms with Crippen molar-refractivity contribution in [3.63, 3.8) is 0 Å². The second kappa shape index (κ2) is 5.62. The van der Waals surface area contributed by atoms with Crippen LogP contribution in [-0.4, -0.2) is 27.4 Å². The van der Waals surface area contributed by atoms with Crippen molar-refractivity contribution in [2.75, 3.05) is 5.32 Å². The molecule has 0 bridgehead atoms. The van der Waals surface area contributed by atoms with Crippen molar-refractivity contribution in [3.05, 3.63) is 54.4 Å². The van der Waals surface area contributed by atoms with E-state index in [9.17, 15) is 9.59 Å².